The zero-order valence-corrected chi connectivity index (χ0v) is 16.6. The number of carbonyl (C=O) groups excluding carboxylic acids is 2. The first-order chi connectivity index (χ1) is 14.8. The number of hydrogen-bond acceptors (Lipinski definition) is 5. The summed E-state index contributed by atoms with van der Waals surface area (Å²) in [6.07, 6.45) is 1.32. The van der Waals surface area contributed by atoms with E-state index in [9.17, 15) is 14.0 Å². The summed E-state index contributed by atoms with van der Waals surface area (Å²) in [6.45, 7) is 2.18. The fourth-order valence-electron chi connectivity index (χ4n) is 3.45. The zero-order chi connectivity index (χ0) is 22.1. The van der Waals surface area contributed by atoms with Gasteiger partial charge in [-0.3, -0.25) is 14.2 Å². The minimum Gasteiger partial charge on any atom is -0.366 e. The highest BCUT2D eigenvalue weighted by Crippen LogP contribution is 2.27. The van der Waals surface area contributed by atoms with Crippen molar-refractivity contribution >= 4 is 28.5 Å². The summed E-state index contributed by atoms with van der Waals surface area (Å²) >= 11 is 0. The highest BCUT2D eigenvalue weighted by atomic mass is 19.1. The summed E-state index contributed by atoms with van der Waals surface area (Å²) in [5.74, 6) is -1.60. The highest BCUT2D eigenvalue weighted by molar-refractivity contribution is 6.06. The van der Waals surface area contributed by atoms with Gasteiger partial charge in [-0.25, -0.2) is 9.37 Å². The number of nitrogens with one attached hydrogen (secondary N) is 1. The summed E-state index contributed by atoms with van der Waals surface area (Å²) in [5, 5.41) is 3.59. The van der Waals surface area contributed by atoms with Crippen molar-refractivity contribution in [1.29, 1.82) is 0 Å². The van der Waals surface area contributed by atoms with Gasteiger partial charge in [0.2, 0.25) is 11.9 Å². The van der Waals surface area contributed by atoms with Crippen LogP contribution in [0.5, 0.6) is 0 Å². The number of amides is 2. The molecule has 5 N–H and O–H groups in total. The first-order valence-corrected chi connectivity index (χ1v) is 9.41. The SMILES string of the molecule is Cc1cc2c(C(N)=O)cc(F)cc2n1-c1ncc(C(N)=O)c(NCc2ccccc2)n1. The van der Waals surface area contributed by atoms with Crippen molar-refractivity contribution in [2.75, 3.05) is 5.32 Å². The first kappa shape index (κ1) is 20.0. The molecule has 0 fully saturated rings. The molecule has 4 aromatic rings. The molecule has 2 heterocycles. The molecule has 156 valence electrons. The molecule has 2 aromatic heterocycles. The minimum atomic E-state index is -0.739. The minimum absolute atomic E-state index is 0.0630. The van der Waals surface area contributed by atoms with Crippen LogP contribution in [0.3, 0.4) is 0 Å². The Morgan fingerprint density at radius 1 is 1.06 bits per heavy atom. The zero-order valence-electron chi connectivity index (χ0n) is 16.6. The number of primary amides is 2. The van der Waals surface area contributed by atoms with E-state index in [4.69, 9.17) is 11.5 Å². The van der Waals surface area contributed by atoms with Gasteiger partial charge >= 0.3 is 0 Å². The van der Waals surface area contributed by atoms with E-state index in [0.717, 1.165) is 11.6 Å². The van der Waals surface area contributed by atoms with E-state index in [2.05, 4.69) is 15.3 Å². The third-order valence-corrected chi connectivity index (χ3v) is 4.88. The lowest BCUT2D eigenvalue weighted by atomic mass is 10.1. The van der Waals surface area contributed by atoms with Crippen LogP contribution in [0.1, 0.15) is 32.0 Å². The molecule has 0 saturated carbocycles. The van der Waals surface area contributed by atoms with E-state index >= 15 is 0 Å². The topological polar surface area (TPSA) is 129 Å². The van der Waals surface area contributed by atoms with Crippen LogP contribution in [-0.2, 0) is 6.54 Å². The van der Waals surface area contributed by atoms with Crippen LogP contribution < -0.4 is 16.8 Å². The molecule has 31 heavy (non-hydrogen) atoms. The van der Waals surface area contributed by atoms with Gasteiger partial charge in [-0.05, 0) is 30.7 Å². The number of halogens is 1. The number of aryl methyl sites for hydroxylation is 1. The quantitative estimate of drug-likeness (QED) is 0.443. The fraction of sp³-hybridized carbons (Fsp3) is 0.0909. The van der Waals surface area contributed by atoms with Gasteiger partial charge in [0.1, 0.15) is 11.6 Å². The molecule has 0 radical (unpaired) electrons. The number of nitrogens with two attached hydrogens (primary N) is 2. The van der Waals surface area contributed by atoms with E-state index in [1.165, 1.54) is 12.3 Å². The standard InChI is InChI=1S/C22H19FN6O2/c1-12-7-15-16(19(24)30)8-14(23)9-18(15)29(12)22-27-11-17(20(25)31)21(28-22)26-10-13-5-3-2-4-6-13/h2-9,11H,10H2,1H3,(H2,24,30)(H2,25,31)(H,26,27,28). The van der Waals surface area contributed by atoms with Crippen molar-refractivity contribution in [3.63, 3.8) is 0 Å². The molecule has 0 aliphatic rings. The van der Waals surface area contributed by atoms with Gasteiger partial charge in [0.15, 0.2) is 0 Å². The highest BCUT2D eigenvalue weighted by Gasteiger charge is 2.19. The van der Waals surface area contributed by atoms with Crippen molar-refractivity contribution in [2.24, 2.45) is 11.5 Å². The van der Waals surface area contributed by atoms with E-state index in [0.29, 0.717) is 23.1 Å². The summed E-state index contributed by atoms with van der Waals surface area (Å²) in [6, 6.07) is 13.6. The van der Waals surface area contributed by atoms with Gasteiger partial charge in [0.05, 0.1) is 16.6 Å². The molecule has 0 bridgehead atoms. The lowest BCUT2D eigenvalue weighted by Gasteiger charge is -2.13. The maximum atomic E-state index is 14.2. The van der Waals surface area contributed by atoms with Gasteiger partial charge in [-0.1, -0.05) is 30.3 Å². The van der Waals surface area contributed by atoms with Crippen LogP contribution in [0, 0.1) is 12.7 Å². The average molecular weight is 418 g/mol. The van der Waals surface area contributed by atoms with Gasteiger partial charge in [-0.2, -0.15) is 4.98 Å². The maximum absolute atomic E-state index is 14.2. The summed E-state index contributed by atoms with van der Waals surface area (Å²) in [7, 11) is 0. The lowest BCUT2D eigenvalue weighted by Crippen LogP contribution is -2.18. The van der Waals surface area contributed by atoms with Crippen LogP contribution in [0.2, 0.25) is 0 Å². The average Bonchev–Trinajstić information content (AvgIpc) is 3.07. The van der Waals surface area contributed by atoms with Gasteiger partial charge < -0.3 is 16.8 Å². The second kappa shape index (κ2) is 7.86. The number of benzene rings is 2. The van der Waals surface area contributed by atoms with Crippen LogP contribution in [0.15, 0.2) is 54.7 Å². The number of anilines is 1. The van der Waals surface area contributed by atoms with Crippen LogP contribution in [0.4, 0.5) is 10.2 Å². The molecule has 0 spiro atoms. The Labute approximate surface area is 176 Å². The van der Waals surface area contributed by atoms with Crippen LogP contribution >= 0.6 is 0 Å². The fourth-order valence-corrected chi connectivity index (χ4v) is 3.45. The summed E-state index contributed by atoms with van der Waals surface area (Å²) in [4.78, 5) is 32.4. The van der Waals surface area contributed by atoms with E-state index in [-0.39, 0.29) is 22.9 Å². The number of hydrogen-bond donors (Lipinski definition) is 3. The number of nitrogens with zero attached hydrogens (tertiary/aromatic N) is 3. The Kier molecular flexibility index (Phi) is 5.08. The number of carbonyl (C=O) groups is 2. The van der Waals surface area contributed by atoms with Gasteiger partial charge in [0.25, 0.3) is 5.91 Å². The molecular weight excluding hydrogens is 399 g/mol. The number of fused-ring (bicyclic) bond motifs is 1. The van der Waals surface area contributed by atoms with Crippen molar-refractivity contribution < 1.29 is 14.0 Å². The second-order valence-electron chi connectivity index (χ2n) is 7.01. The van der Waals surface area contributed by atoms with Gasteiger partial charge in [0, 0.05) is 23.8 Å². The maximum Gasteiger partial charge on any atom is 0.254 e. The van der Waals surface area contributed by atoms with E-state index in [1.54, 1.807) is 17.6 Å². The van der Waals surface area contributed by atoms with Crippen molar-refractivity contribution in [3.8, 4) is 5.95 Å². The molecule has 0 saturated heterocycles. The molecular formula is C22H19FN6O2. The Hall–Kier alpha value is -4.27. The number of aromatic nitrogens is 3. The molecule has 0 aliphatic carbocycles. The normalized spacial score (nSPS) is 10.9. The van der Waals surface area contributed by atoms with Crippen molar-refractivity contribution in [1.82, 2.24) is 14.5 Å². The Morgan fingerprint density at radius 3 is 2.45 bits per heavy atom. The summed E-state index contributed by atoms with van der Waals surface area (Å²) in [5.41, 5.74) is 13.1. The molecule has 2 amide bonds. The Balaban J connectivity index is 1.83. The summed E-state index contributed by atoms with van der Waals surface area (Å²) < 4.78 is 15.8. The number of rotatable bonds is 6. The molecule has 9 heteroatoms. The van der Waals surface area contributed by atoms with Gasteiger partial charge in [-0.15, -0.1) is 0 Å². The van der Waals surface area contributed by atoms with E-state index in [1.807, 2.05) is 30.3 Å². The monoisotopic (exact) mass is 418 g/mol. The predicted octanol–water partition coefficient (Wildman–Crippen LogP) is 2.68. The largest absolute Gasteiger partial charge is 0.366 e. The second-order valence-corrected chi connectivity index (χ2v) is 7.01. The van der Waals surface area contributed by atoms with E-state index < -0.39 is 17.6 Å². The molecule has 4 rings (SSSR count). The smallest absolute Gasteiger partial charge is 0.254 e. The molecule has 0 atom stereocenters. The third-order valence-electron chi connectivity index (χ3n) is 4.88. The lowest BCUT2D eigenvalue weighted by molar-refractivity contribution is 0.0992. The van der Waals surface area contributed by atoms with Crippen LogP contribution in [0.25, 0.3) is 16.9 Å². The predicted molar refractivity (Wildman–Crippen MR) is 114 cm³/mol. The van der Waals surface area contributed by atoms with Crippen molar-refractivity contribution in [3.05, 3.63) is 82.9 Å². The first-order valence-electron chi connectivity index (χ1n) is 9.41. The molecule has 8 nitrogen and oxygen atoms in total. The van der Waals surface area contributed by atoms with Crippen LogP contribution in [-0.4, -0.2) is 26.3 Å². The van der Waals surface area contributed by atoms with Crippen molar-refractivity contribution in [2.45, 2.75) is 13.5 Å². The Bertz CT molecular complexity index is 1320. The molecule has 0 unspecified atom stereocenters. The molecule has 0 aliphatic heterocycles. The third kappa shape index (κ3) is 3.80. The Morgan fingerprint density at radius 2 is 1.77 bits per heavy atom. The molecule has 2 aromatic carbocycles.